The number of nitrogen functional groups attached to an aromatic ring is 2. The van der Waals surface area contributed by atoms with Gasteiger partial charge in [0.2, 0.25) is 5.88 Å². The fourth-order valence-electron chi connectivity index (χ4n) is 2.50. The Balaban J connectivity index is 2.42. The predicted octanol–water partition coefficient (Wildman–Crippen LogP) is 1.33. The summed E-state index contributed by atoms with van der Waals surface area (Å²) in [6.45, 7) is -3.11. The lowest BCUT2D eigenvalue weighted by atomic mass is 10.1. The first kappa shape index (κ1) is 18.0. The molecular formula is C16H13F2N5O4. The number of alkyl halides is 2. The highest BCUT2D eigenvalue weighted by Crippen LogP contribution is 2.26. The van der Waals surface area contributed by atoms with Crippen molar-refractivity contribution >= 4 is 28.5 Å². The van der Waals surface area contributed by atoms with Gasteiger partial charge in [-0.15, -0.1) is 0 Å². The number of pyridine rings is 3. The fourth-order valence-corrected chi connectivity index (χ4v) is 2.50. The van der Waals surface area contributed by atoms with Crippen molar-refractivity contribution in [2.45, 2.75) is 6.61 Å². The zero-order chi connectivity index (χ0) is 19.7. The third-order valence-corrected chi connectivity index (χ3v) is 3.67. The molecule has 0 amide bonds. The van der Waals surface area contributed by atoms with Crippen LogP contribution in [0.15, 0.2) is 35.3 Å². The molecule has 3 aromatic heterocycles. The number of rotatable bonds is 4. The standard InChI is InChI=1S/C16H13F2N5O4/c1-26-15(25)11-12(20)8-3-5-10(27-16(17)18)22-13(8)23(14(11)24)7-2-4-9(19)21-6-7/h2-6,16H,20H2,1H3,(H2,19,21). The minimum Gasteiger partial charge on any atom is -0.465 e. The Bertz CT molecular complexity index is 1080. The molecule has 9 nitrogen and oxygen atoms in total. The number of fused-ring (bicyclic) bond motifs is 1. The molecule has 140 valence electrons. The van der Waals surface area contributed by atoms with Gasteiger partial charge in [0.05, 0.1) is 24.7 Å². The Labute approximate surface area is 150 Å². The van der Waals surface area contributed by atoms with Gasteiger partial charge in [-0.3, -0.25) is 9.36 Å². The summed E-state index contributed by atoms with van der Waals surface area (Å²) in [7, 11) is 1.10. The number of hydrogen-bond donors (Lipinski definition) is 2. The maximum atomic E-state index is 12.9. The Hall–Kier alpha value is -3.76. The number of carbonyl (C=O) groups excluding carboxylic acids is 1. The lowest BCUT2D eigenvalue weighted by molar-refractivity contribution is -0.0526. The molecule has 0 saturated heterocycles. The Morgan fingerprint density at radius 3 is 2.56 bits per heavy atom. The molecule has 0 aromatic carbocycles. The molecule has 0 fully saturated rings. The molecule has 27 heavy (non-hydrogen) atoms. The van der Waals surface area contributed by atoms with Crippen LogP contribution in [-0.2, 0) is 4.74 Å². The number of nitrogens with two attached hydrogens (primary N) is 2. The first-order valence-corrected chi connectivity index (χ1v) is 7.43. The number of hydrogen-bond acceptors (Lipinski definition) is 8. The van der Waals surface area contributed by atoms with Gasteiger partial charge in [-0.25, -0.2) is 9.78 Å². The number of anilines is 2. The quantitative estimate of drug-likeness (QED) is 0.650. The third kappa shape index (κ3) is 3.21. The maximum Gasteiger partial charge on any atom is 0.388 e. The molecule has 0 unspecified atom stereocenters. The van der Waals surface area contributed by atoms with Crippen LogP contribution in [0.5, 0.6) is 5.88 Å². The average Bonchev–Trinajstić information content (AvgIpc) is 2.62. The van der Waals surface area contributed by atoms with E-state index in [9.17, 15) is 18.4 Å². The van der Waals surface area contributed by atoms with Crippen LogP contribution in [0.3, 0.4) is 0 Å². The highest BCUT2D eigenvalue weighted by atomic mass is 19.3. The average molecular weight is 377 g/mol. The molecule has 0 aliphatic heterocycles. The van der Waals surface area contributed by atoms with Crippen LogP contribution >= 0.6 is 0 Å². The summed E-state index contributed by atoms with van der Waals surface area (Å²) >= 11 is 0. The summed E-state index contributed by atoms with van der Waals surface area (Å²) in [5, 5.41) is 0.161. The molecule has 4 N–H and O–H groups in total. The molecule has 3 heterocycles. The van der Waals surface area contributed by atoms with E-state index in [0.29, 0.717) is 0 Å². The van der Waals surface area contributed by atoms with Gasteiger partial charge in [0, 0.05) is 11.5 Å². The SMILES string of the molecule is COC(=O)c1c(N)c2ccc(OC(F)F)nc2n(-c2ccc(N)nc2)c1=O. The molecule has 3 aromatic rings. The first-order chi connectivity index (χ1) is 12.8. The Morgan fingerprint density at radius 2 is 1.96 bits per heavy atom. The van der Waals surface area contributed by atoms with Crippen LogP contribution in [0, 0.1) is 0 Å². The molecule has 11 heteroatoms. The molecule has 0 atom stereocenters. The predicted molar refractivity (Wildman–Crippen MR) is 91.9 cm³/mol. The van der Waals surface area contributed by atoms with E-state index in [2.05, 4.69) is 19.4 Å². The van der Waals surface area contributed by atoms with Crippen LogP contribution in [0.25, 0.3) is 16.7 Å². The van der Waals surface area contributed by atoms with Crippen molar-refractivity contribution < 1.29 is 23.0 Å². The zero-order valence-electron chi connectivity index (χ0n) is 13.8. The van der Waals surface area contributed by atoms with Crippen molar-refractivity contribution in [3.63, 3.8) is 0 Å². The summed E-state index contributed by atoms with van der Waals surface area (Å²) in [6, 6.07) is 5.31. The second-order valence-electron chi connectivity index (χ2n) is 5.26. The summed E-state index contributed by atoms with van der Waals surface area (Å²) < 4.78 is 34.9. The van der Waals surface area contributed by atoms with E-state index in [-0.39, 0.29) is 28.2 Å². The van der Waals surface area contributed by atoms with E-state index in [0.717, 1.165) is 17.7 Å². The molecule has 0 aliphatic carbocycles. The number of aromatic nitrogens is 3. The van der Waals surface area contributed by atoms with Crippen molar-refractivity contribution in [1.82, 2.24) is 14.5 Å². The third-order valence-electron chi connectivity index (χ3n) is 3.67. The van der Waals surface area contributed by atoms with Crippen molar-refractivity contribution in [3.05, 3.63) is 46.4 Å². The largest absolute Gasteiger partial charge is 0.465 e. The molecule has 0 radical (unpaired) electrons. The van der Waals surface area contributed by atoms with Crippen LogP contribution in [-0.4, -0.2) is 34.2 Å². The highest BCUT2D eigenvalue weighted by Gasteiger charge is 2.23. The molecular weight excluding hydrogens is 364 g/mol. The summed E-state index contributed by atoms with van der Waals surface area (Å²) in [6.07, 6.45) is 1.26. The number of methoxy groups -OCH3 is 1. The van der Waals surface area contributed by atoms with Crippen LogP contribution < -0.4 is 21.8 Å². The van der Waals surface area contributed by atoms with Crippen molar-refractivity contribution in [1.29, 1.82) is 0 Å². The fraction of sp³-hybridized carbons (Fsp3) is 0.125. The number of halogens is 2. The molecule has 0 bridgehead atoms. The Morgan fingerprint density at radius 1 is 1.22 bits per heavy atom. The maximum absolute atomic E-state index is 12.9. The van der Waals surface area contributed by atoms with E-state index in [1.807, 2.05) is 0 Å². The van der Waals surface area contributed by atoms with Crippen LogP contribution in [0.1, 0.15) is 10.4 Å². The summed E-state index contributed by atoms with van der Waals surface area (Å²) in [5.41, 5.74) is 10.1. The van der Waals surface area contributed by atoms with Gasteiger partial charge in [0.1, 0.15) is 11.4 Å². The molecule has 0 spiro atoms. The second-order valence-corrected chi connectivity index (χ2v) is 5.26. The first-order valence-electron chi connectivity index (χ1n) is 7.43. The highest BCUT2D eigenvalue weighted by molar-refractivity contribution is 6.03. The normalized spacial score (nSPS) is 11.0. The van der Waals surface area contributed by atoms with Gasteiger partial charge in [0.25, 0.3) is 5.56 Å². The van der Waals surface area contributed by atoms with Gasteiger partial charge >= 0.3 is 12.6 Å². The lowest BCUT2D eigenvalue weighted by Gasteiger charge is -2.15. The summed E-state index contributed by atoms with van der Waals surface area (Å²) in [4.78, 5) is 32.8. The van der Waals surface area contributed by atoms with Crippen molar-refractivity contribution in [2.75, 3.05) is 18.6 Å². The van der Waals surface area contributed by atoms with Crippen molar-refractivity contribution in [2.24, 2.45) is 0 Å². The Kier molecular flexibility index (Phi) is 4.59. The second kappa shape index (κ2) is 6.86. The lowest BCUT2D eigenvalue weighted by Crippen LogP contribution is -2.29. The van der Waals surface area contributed by atoms with Crippen LogP contribution in [0.2, 0.25) is 0 Å². The minimum atomic E-state index is -3.11. The zero-order valence-corrected chi connectivity index (χ0v) is 13.8. The molecule has 0 saturated carbocycles. The van der Waals surface area contributed by atoms with E-state index in [1.54, 1.807) is 0 Å². The topological polar surface area (TPSA) is 135 Å². The van der Waals surface area contributed by atoms with E-state index < -0.39 is 29.6 Å². The van der Waals surface area contributed by atoms with Gasteiger partial charge in [-0.2, -0.15) is 13.8 Å². The number of esters is 1. The minimum absolute atomic E-state index is 0.102. The van der Waals surface area contributed by atoms with Gasteiger partial charge in [-0.1, -0.05) is 0 Å². The monoisotopic (exact) mass is 377 g/mol. The summed E-state index contributed by atoms with van der Waals surface area (Å²) in [5.74, 6) is -1.20. The van der Waals surface area contributed by atoms with Gasteiger partial charge in [0.15, 0.2) is 5.65 Å². The van der Waals surface area contributed by atoms with Gasteiger partial charge < -0.3 is 20.9 Å². The molecule has 3 rings (SSSR count). The number of carbonyl (C=O) groups is 1. The molecule has 0 aliphatic rings. The van der Waals surface area contributed by atoms with Crippen molar-refractivity contribution in [3.8, 4) is 11.6 Å². The van der Waals surface area contributed by atoms with E-state index in [1.165, 1.54) is 24.4 Å². The smallest absolute Gasteiger partial charge is 0.388 e. The van der Waals surface area contributed by atoms with Crippen LogP contribution in [0.4, 0.5) is 20.3 Å². The number of nitrogens with zero attached hydrogens (tertiary/aromatic N) is 3. The number of ether oxygens (including phenoxy) is 2. The van der Waals surface area contributed by atoms with Gasteiger partial charge in [-0.05, 0) is 18.2 Å². The van der Waals surface area contributed by atoms with E-state index >= 15 is 0 Å². The van der Waals surface area contributed by atoms with E-state index in [4.69, 9.17) is 11.5 Å².